The van der Waals surface area contributed by atoms with Gasteiger partial charge in [-0.25, -0.2) is 0 Å². The van der Waals surface area contributed by atoms with E-state index in [2.05, 4.69) is 0 Å². The van der Waals surface area contributed by atoms with Crippen molar-refractivity contribution in [2.45, 2.75) is 31.0 Å². The van der Waals surface area contributed by atoms with Crippen LogP contribution in [0, 0.1) is 10.1 Å². The van der Waals surface area contributed by atoms with E-state index in [0.717, 1.165) is 11.1 Å². The minimum atomic E-state index is -0.855. The molecule has 0 amide bonds. The van der Waals surface area contributed by atoms with Gasteiger partial charge >= 0.3 is 5.97 Å². The highest BCUT2D eigenvalue weighted by molar-refractivity contribution is 5.76. The molecule has 0 radical (unpaired) electrons. The van der Waals surface area contributed by atoms with Gasteiger partial charge < -0.3 is 14.2 Å². The summed E-state index contributed by atoms with van der Waals surface area (Å²) in [6.45, 7) is 0.567. The number of nitro groups is 1. The van der Waals surface area contributed by atoms with Gasteiger partial charge in [0.15, 0.2) is 11.5 Å². The second kappa shape index (κ2) is 6.27. The van der Waals surface area contributed by atoms with E-state index in [4.69, 9.17) is 14.2 Å². The van der Waals surface area contributed by atoms with E-state index in [-0.39, 0.29) is 11.3 Å². The van der Waals surface area contributed by atoms with E-state index in [0.29, 0.717) is 24.5 Å². The Hall–Kier alpha value is -2.35. The molecule has 24 heavy (non-hydrogen) atoms. The van der Waals surface area contributed by atoms with Crippen LogP contribution in [0.4, 0.5) is 0 Å². The first-order valence-electron chi connectivity index (χ1n) is 7.73. The van der Waals surface area contributed by atoms with Crippen LogP contribution < -0.4 is 9.47 Å². The molecule has 130 valence electrons. The molecule has 0 aliphatic carbocycles. The van der Waals surface area contributed by atoms with Crippen LogP contribution in [0.3, 0.4) is 0 Å². The van der Waals surface area contributed by atoms with Gasteiger partial charge in [-0.2, -0.15) is 0 Å². The summed E-state index contributed by atoms with van der Waals surface area (Å²) < 4.78 is 15.5. The lowest BCUT2D eigenvalue weighted by Gasteiger charge is -2.34. The molecule has 2 aliphatic heterocycles. The van der Waals surface area contributed by atoms with Gasteiger partial charge in [-0.1, -0.05) is 0 Å². The third kappa shape index (κ3) is 2.47. The number of fused-ring (bicyclic) bond motifs is 3. The number of esters is 1. The van der Waals surface area contributed by atoms with Crippen molar-refractivity contribution in [3.05, 3.63) is 33.4 Å². The molecule has 0 N–H and O–H groups in total. The molecule has 3 rings (SSSR count). The normalized spacial score (nSPS) is 25.5. The quantitative estimate of drug-likeness (QED) is 0.463. The molecule has 3 atom stereocenters. The first-order chi connectivity index (χ1) is 11.5. The smallest absolute Gasteiger partial charge is 0.323 e. The van der Waals surface area contributed by atoms with Crippen molar-refractivity contribution < 1.29 is 23.9 Å². The summed E-state index contributed by atoms with van der Waals surface area (Å²) in [7, 11) is 4.40. The van der Waals surface area contributed by atoms with Crippen LogP contribution in [0.25, 0.3) is 0 Å². The summed E-state index contributed by atoms with van der Waals surface area (Å²) in [6, 6.07) is 1.75. The van der Waals surface area contributed by atoms with Crippen LogP contribution >= 0.6 is 0 Å². The number of hydrogen-bond donors (Lipinski definition) is 0. The molecule has 0 bridgehead atoms. The molecular formula is C16H20N2O6. The molecule has 1 aromatic rings. The predicted molar refractivity (Wildman–Crippen MR) is 83.9 cm³/mol. The van der Waals surface area contributed by atoms with E-state index in [1.165, 1.54) is 14.2 Å². The molecule has 0 saturated carbocycles. The van der Waals surface area contributed by atoms with Gasteiger partial charge in [-0.05, 0) is 29.7 Å². The van der Waals surface area contributed by atoms with Gasteiger partial charge in [0.2, 0.25) is 6.04 Å². The summed E-state index contributed by atoms with van der Waals surface area (Å²) in [5.41, 5.74) is 1.82. The van der Waals surface area contributed by atoms with Crippen molar-refractivity contribution in [3.63, 3.8) is 0 Å². The van der Waals surface area contributed by atoms with Gasteiger partial charge in [0, 0.05) is 17.9 Å². The average Bonchev–Trinajstić information content (AvgIpc) is 2.99. The fraction of sp³-hybridized carbons (Fsp3) is 0.562. The fourth-order valence-corrected chi connectivity index (χ4v) is 3.84. The first-order valence-corrected chi connectivity index (χ1v) is 7.73. The van der Waals surface area contributed by atoms with E-state index in [1.807, 2.05) is 11.0 Å². The molecule has 8 heteroatoms. The second-order valence-electron chi connectivity index (χ2n) is 5.97. The third-order valence-corrected chi connectivity index (χ3v) is 4.93. The molecular weight excluding hydrogens is 316 g/mol. The Morgan fingerprint density at radius 3 is 2.50 bits per heavy atom. The Kier molecular flexibility index (Phi) is 4.31. The minimum Gasteiger partial charge on any atom is -0.493 e. The zero-order chi connectivity index (χ0) is 17.4. The maximum atomic E-state index is 12.0. The summed E-state index contributed by atoms with van der Waals surface area (Å²) in [6.07, 6.45) is 0.836. The standard InChI is InChI=1S/C16H20N2O6/c1-22-13-6-9-4-5-17-12(16(19)24-3)8-11(18(20)21)15(17)10(9)7-14(13)23-2/h6-7,11-12,15H,4-5,8H2,1-3H3/t11-,12+,15-/m1/s1. The molecule has 0 spiro atoms. The largest absolute Gasteiger partial charge is 0.493 e. The van der Waals surface area contributed by atoms with Gasteiger partial charge in [0.05, 0.1) is 21.3 Å². The molecule has 8 nitrogen and oxygen atoms in total. The number of carbonyl (C=O) groups is 1. The minimum absolute atomic E-state index is 0.151. The van der Waals surface area contributed by atoms with Crippen LogP contribution in [0.15, 0.2) is 12.1 Å². The van der Waals surface area contributed by atoms with Crippen molar-refractivity contribution in [3.8, 4) is 11.5 Å². The van der Waals surface area contributed by atoms with Crippen molar-refractivity contribution in [1.82, 2.24) is 4.90 Å². The zero-order valence-electron chi connectivity index (χ0n) is 13.9. The predicted octanol–water partition coefficient (Wildman–Crippen LogP) is 1.19. The van der Waals surface area contributed by atoms with E-state index in [1.54, 1.807) is 13.2 Å². The number of methoxy groups -OCH3 is 3. The lowest BCUT2D eigenvalue weighted by molar-refractivity contribution is -0.526. The number of hydrogen-bond acceptors (Lipinski definition) is 7. The molecule has 1 fully saturated rings. The van der Waals surface area contributed by atoms with Gasteiger partial charge in [0.25, 0.3) is 0 Å². The van der Waals surface area contributed by atoms with E-state index >= 15 is 0 Å². The number of nitrogens with zero attached hydrogens (tertiary/aromatic N) is 2. The maximum absolute atomic E-state index is 12.0. The molecule has 1 aromatic carbocycles. The number of rotatable bonds is 4. The lowest BCUT2D eigenvalue weighted by Crippen LogP contribution is -2.42. The zero-order valence-corrected chi connectivity index (χ0v) is 13.9. The third-order valence-electron chi connectivity index (χ3n) is 4.93. The Bertz CT molecular complexity index is 677. The maximum Gasteiger partial charge on any atom is 0.323 e. The van der Waals surface area contributed by atoms with E-state index < -0.39 is 24.1 Å². The summed E-state index contributed by atoms with van der Waals surface area (Å²) in [5, 5.41) is 11.6. The van der Waals surface area contributed by atoms with Crippen molar-refractivity contribution >= 4 is 5.97 Å². The van der Waals surface area contributed by atoms with Crippen LogP contribution in [-0.4, -0.2) is 55.8 Å². The number of ether oxygens (including phenoxy) is 3. The highest BCUT2D eigenvalue weighted by Crippen LogP contribution is 2.45. The molecule has 2 heterocycles. The van der Waals surface area contributed by atoms with Crippen LogP contribution in [-0.2, 0) is 16.0 Å². The summed E-state index contributed by atoms with van der Waals surface area (Å²) in [4.78, 5) is 25.2. The van der Waals surface area contributed by atoms with Crippen LogP contribution in [0.1, 0.15) is 23.6 Å². The number of carbonyl (C=O) groups excluding carboxylic acids is 1. The van der Waals surface area contributed by atoms with Crippen molar-refractivity contribution in [1.29, 1.82) is 0 Å². The molecule has 0 unspecified atom stereocenters. The van der Waals surface area contributed by atoms with Gasteiger partial charge in [-0.15, -0.1) is 0 Å². The average molecular weight is 336 g/mol. The molecule has 1 saturated heterocycles. The van der Waals surface area contributed by atoms with Crippen LogP contribution in [0.5, 0.6) is 11.5 Å². The lowest BCUT2D eigenvalue weighted by atomic mass is 9.90. The Balaban J connectivity index is 2.07. The second-order valence-corrected chi connectivity index (χ2v) is 5.97. The molecule has 0 aromatic heterocycles. The summed E-state index contributed by atoms with van der Waals surface area (Å²) >= 11 is 0. The fourth-order valence-electron chi connectivity index (χ4n) is 3.84. The Labute approximate surface area is 139 Å². The molecule has 2 aliphatic rings. The first kappa shape index (κ1) is 16.5. The van der Waals surface area contributed by atoms with Gasteiger partial charge in [-0.3, -0.25) is 19.8 Å². The monoisotopic (exact) mass is 336 g/mol. The topological polar surface area (TPSA) is 91.1 Å². The van der Waals surface area contributed by atoms with Crippen molar-refractivity contribution in [2.24, 2.45) is 0 Å². The SMILES string of the molecule is COC(=O)[C@@H]1C[C@@H]([N+](=O)[O-])[C@H]2c3cc(OC)c(OC)cc3CCN21. The Morgan fingerprint density at radius 2 is 1.92 bits per heavy atom. The van der Waals surface area contributed by atoms with E-state index in [9.17, 15) is 14.9 Å². The highest BCUT2D eigenvalue weighted by atomic mass is 16.6. The summed E-state index contributed by atoms with van der Waals surface area (Å²) in [5.74, 6) is 0.708. The van der Waals surface area contributed by atoms with Crippen molar-refractivity contribution in [2.75, 3.05) is 27.9 Å². The highest BCUT2D eigenvalue weighted by Gasteiger charge is 2.53. The Morgan fingerprint density at radius 1 is 1.25 bits per heavy atom. The van der Waals surface area contributed by atoms with Crippen LogP contribution in [0.2, 0.25) is 0 Å². The number of benzene rings is 1. The van der Waals surface area contributed by atoms with Gasteiger partial charge in [0.1, 0.15) is 12.1 Å².